The number of halogens is 1. The van der Waals surface area contributed by atoms with Crippen LogP contribution in [0.4, 0.5) is 0 Å². The number of aryl methyl sites for hydroxylation is 1. The number of nitrogens with zero attached hydrogens (tertiary/aromatic N) is 1. The lowest BCUT2D eigenvalue weighted by Gasteiger charge is -2.18. The molecule has 1 unspecified atom stereocenters. The van der Waals surface area contributed by atoms with Crippen molar-refractivity contribution in [3.63, 3.8) is 0 Å². The van der Waals surface area contributed by atoms with Crippen LogP contribution in [-0.4, -0.2) is 31.7 Å². The van der Waals surface area contributed by atoms with Gasteiger partial charge in [0.2, 0.25) is 10.0 Å². The topological polar surface area (TPSA) is 37.4 Å². The molecular weight excluding hydrogens is 258 g/mol. The Hall–Kier alpha value is -0.580. The van der Waals surface area contributed by atoms with Crippen LogP contribution in [0.15, 0.2) is 29.2 Å². The van der Waals surface area contributed by atoms with Crippen LogP contribution in [0.2, 0.25) is 0 Å². The average Bonchev–Trinajstić information content (AvgIpc) is 2.25. The van der Waals surface area contributed by atoms with Crippen molar-refractivity contribution in [3.05, 3.63) is 29.8 Å². The second kappa shape index (κ2) is 5.85. The molecule has 0 aliphatic heterocycles. The summed E-state index contributed by atoms with van der Waals surface area (Å²) in [7, 11) is -1.80. The van der Waals surface area contributed by atoms with Gasteiger partial charge in [0, 0.05) is 19.0 Å². The van der Waals surface area contributed by atoms with E-state index in [1.807, 2.05) is 19.9 Å². The highest BCUT2D eigenvalue weighted by atomic mass is 35.5. The third-order valence-electron chi connectivity index (χ3n) is 2.54. The van der Waals surface area contributed by atoms with Crippen LogP contribution in [0.25, 0.3) is 0 Å². The Bertz CT molecular complexity index is 471. The van der Waals surface area contributed by atoms with Gasteiger partial charge in [-0.05, 0) is 38.0 Å². The van der Waals surface area contributed by atoms with E-state index < -0.39 is 10.0 Å². The third-order valence-corrected chi connectivity index (χ3v) is 4.61. The number of hydrogen-bond acceptors (Lipinski definition) is 2. The Morgan fingerprint density at radius 1 is 1.41 bits per heavy atom. The zero-order valence-electron chi connectivity index (χ0n) is 10.4. The summed E-state index contributed by atoms with van der Waals surface area (Å²) >= 11 is 5.82. The average molecular weight is 276 g/mol. The molecule has 1 aromatic rings. The number of sulfonamides is 1. The summed E-state index contributed by atoms with van der Waals surface area (Å²) in [4.78, 5) is 0.335. The molecule has 1 atom stereocenters. The second-order valence-corrected chi connectivity index (χ2v) is 7.00. The summed E-state index contributed by atoms with van der Waals surface area (Å²) in [5.41, 5.74) is 0.935. The Morgan fingerprint density at radius 3 is 2.59 bits per heavy atom. The molecule has 0 saturated carbocycles. The molecule has 5 heteroatoms. The first-order valence-corrected chi connectivity index (χ1v) is 7.39. The van der Waals surface area contributed by atoms with Gasteiger partial charge in [0.25, 0.3) is 0 Å². The summed E-state index contributed by atoms with van der Waals surface area (Å²) in [5.74, 6) is 0. The first kappa shape index (κ1) is 14.5. The van der Waals surface area contributed by atoms with Gasteiger partial charge in [0.1, 0.15) is 0 Å². The molecule has 0 heterocycles. The van der Waals surface area contributed by atoms with Crippen LogP contribution >= 0.6 is 11.6 Å². The number of alkyl halides is 1. The molecule has 0 aliphatic carbocycles. The summed E-state index contributed by atoms with van der Waals surface area (Å²) in [6.07, 6.45) is 0.642. The number of hydrogen-bond donors (Lipinski definition) is 0. The summed E-state index contributed by atoms with van der Waals surface area (Å²) < 4.78 is 25.7. The monoisotopic (exact) mass is 275 g/mol. The minimum absolute atomic E-state index is 0.0230. The highest BCUT2D eigenvalue weighted by Gasteiger charge is 2.20. The quantitative estimate of drug-likeness (QED) is 0.775. The fourth-order valence-corrected chi connectivity index (χ4v) is 2.82. The van der Waals surface area contributed by atoms with E-state index in [9.17, 15) is 8.42 Å². The Balaban J connectivity index is 2.88. The van der Waals surface area contributed by atoms with E-state index in [-0.39, 0.29) is 5.38 Å². The van der Waals surface area contributed by atoms with Crippen molar-refractivity contribution in [1.82, 2.24) is 4.31 Å². The van der Waals surface area contributed by atoms with Crippen molar-refractivity contribution in [2.24, 2.45) is 0 Å². The van der Waals surface area contributed by atoms with Gasteiger partial charge in [-0.1, -0.05) is 12.1 Å². The van der Waals surface area contributed by atoms with Crippen LogP contribution in [0.3, 0.4) is 0 Å². The summed E-state index contributed by atoms with van der Waals surface area (Å²) in [5, 5.41) is -0.0230. The second-order valence-electron chi connectivity index (χ2n) is 4.21. The van der Waals surface area contributed by atoms with Crippen molar-refractivity contribution in [1.29, 1.82) is 0 Å². The smallest absolute Gasteiger partial charge is 0.207 e. The largest absolute Gasteiger partial charge is 0.242 e. The molecule has 0 radical (unpaired) electrons. The molecule has 0 bridgehead atoms. The Kier molecular flexibility index (Phi) is 4.98. The molecular formula is C12H18ClNO2S. The van der Waals surface area contributed by atoms with E-state index in [1.54, 1.807) is 25.2 Å². The summed E-state index contributed by atoms with van der Waals surface area (Å²) in [6, 6.07) is 6.92. The van der Waals surface area contributed by atoms with Crippen molar-refractivity contribution in [3.8, 4) is 0 Å². The van der Waals surface area contributed by atoms with Crippen molar-refractivity contribution >= 4 is 21.6 Å². The highest BCUT2D eigenvalue weighted by molar-refractivity contribution is 7.89. The predicted octanol–water partition coefficient (Wildman–Crippen LogP) is 2.63. The molecule has 0 spiro atoms. The molecule has 0 amide bonds. The molecule has 0 saturated heterocycles. The zero-order valence-corrected chi connectivity index (χ0v) is 11.9. The summed E-state index contributed by atoms with van der Waals surface area (Å²) in [6.45, 7) is 4.16. The zero-order chi connectivity index (χ0) is 13.1. The van der Waals surface area contributed by atoms with Gasteiger partial charge in [0.05, 0.1) is 4.90 Å². The molecule has 0 N–H and O–H groups in total. The predicted molar refractivity (Wildman–Crippen MR) is 70.9 cm³/mol. The molecule has 3 nitrogen and oxygen atoms in total. The molecule has 0 fully saturated rings. The fraction of sp³-hybridized carbons (Fsp3) is 0.500. The van der Waals surface area contributed by atoms with E-state index in [4.69, 9.17) is 11.6 Å². The normalized spacial score (nSPS) is 13.9. The molecule has 17 heavy (non-hydrogen) atoms. The minimum Gasteiger partial charge on any atom is -0.207 e. The van der Waals surface area contributed by atoms with E-state index >= 15 is 0 Å². The van der Waals surface area contributed by atoms with Gasteiger partial charge >= 0.3 is 0 Å². The Labute approximate surface area is 108 Å². The van der Waals surface area contributed by atoms with Gasteiger partial charge in [-0.15, -0.1) is 11.6 Å². The molecule has 1 rings (SSSR count). The third kappa shape index (κ3) is 3.98. The van der Waals surface area contributed by atoms with Crippen molar-refractivity contribution in [2.45, 2.75) is 30.5 Å². The van der Waals surface area contributed by atoms with Crippen molar-refractivity contribution in [2.75, 3.05) is 13.6 Å². The first-order chi connectivity index (χ1) is 7.84. The SMILES string of the molecule is Cc1cccc(S(=O)(=O)N(C)CCC(C)Cl)c1. The number of rotatable bonds is 5. The van der Waals surface area contributed by atoms with Crippen LogP contribution in [0.1, 0.15) is 18.9 Å². The molecule has 0 aromatic heterocycles. The van der Waals surface area contributed by atoms with E-state index in [0.29, 0.717) is 17.9 Å². The van der Waals surface area contributed by atoms with E-state index in [1.165, 1.54) is 4.31 Å². The highest BCUT2D eigenvalue weighted by Crippen LogP contribution is 2.16. The van der Waals surface area contributed by atoms with Gasteiger partial charge in [-0.3, -0.25) is 0 Å². The maximum atomic E-state index is 12.2. The van der Waals surface area contributed by atoms with Gasteiger partial charge in [0.15, 0.2) is 0 Å². The first-order valence-electron chi connectivity index (χ1n) is 5.51. The van der Waals surface area contributed by atoms with E-state index in [0.717, 1.165) is 5.56 Å². The Morgan fingerprint density at radius 2 is 2.06 bits per heavy atom. The minimum atomic E-state index is -3.38. The van der Waals surface area contributed by atoms with Gasteiger partial charge in [-0.25, -0.2) is 12.7 Å². The number of benzene rings is 1. The lowest BCUT2D eigenvalue weighted by Crippen LogP contribution is -2.29. The standard InChI is InChI=1S/C12H18ClNO2S/c1-10-5-4-6-12(9-10)17(15,16)14(3)8-7-11(2)13/h4-6,9,11H,7-8H2,1-3H3. The van der Waals surface area contributed by atoms with Gasteiger partial charge in [-0.2, -0.15) is 0 Å². The molecule has 1 aromatic carbocycles. The van der Waals surface area contributed by atoms with Crippen LogP contribution in [0.5, 0.6) is 0 Å². The fourth-order valence-electron chi connectivity index (χ4n) is 1.44. The lowest BCUT2D eigenvalue weighted by molar-refractivity contribution is 0.460. The van der Waals surface area contributed by atoms with Crippen LogP contribution < -0.4 is 0 Å². The lowest BCUT2D eigenvalue weighted by atomic mass is 10.2. The van der Waals surface area contributed by atoms with Crippen molar-refractivity contribution < 1.29 is 8.42 Å². The van der Waals surface area contributed by atoms with Crippen LogP contribution in [0, 0.1) is 6.92 Å². The van der Waals surface area contributed by atoms with Gasteiger partial charge < -0.3 is 0 Å². The molecule has 96 valence electrons. The molecule has 0 aliphatic rings. The van der Waals surface area contributed by atoms with E-state index in [2.05, 4.69) is 0 Å². The maximum Gasteiger partial charge on any atom is 0.242 e. The van der Waals surface area contributed by atoms with Crippen LogP contribution in [-0.2, 0) is 10.0 Å². The maximum absolute atomic E-state index is 12.2.